The fraction of sp³-hybridized carbons (Fsp3) is 0.333. The van der Waals surface area contributed by atoms with Crippen molar-refractivity contribution in [1.82, 2.24) is 0 Å². The zero-order valence-corrected chi connectivity index (χ0v) is 15.3. The number of hydrogen-bond donors (Lipinski definition) is 0. The number of benzene rings is 2. The zero-order chi connectivity index (χ0) is 25.7. The van der Waals surface area contributed by atoms with Crippen molar-refractivity contribution in [2.75, 3.05) is 0 Å². The molecule has 0 radical (unpaired) electrons. The van der Waals surface area contributed by atoms with E-state index in [0.29, 0.717) is 36.4 Å². The average molecular weight is 506 g/mol. The topological polar surface area (TPSA) is 9.23 Å². The van der Waals surface area contributed by atoms with Crippen LogP contribution in [0.25, 0.3) is 0 Å². The third kappa shape index (κ3) is 4.28. The molecule has 0 bridgehead atoms. The molecular weight excluding hydrogens is 498 g/mol. The monoisotopic (exact) mass is 506 g/mol. The summed E-state index contributed by atoms with van der Waals surface area (Å²) in [6.45, 7) is 0. The van der Waals surface area contributed by atoms with Gasteiger partial charge in [-0.05, 0) is 24.3 Å². The maximum Gasteiger partial charge on any atom is 0.460 e. The van der Waals surface area contributed by atoms with Gasteiger partial charge in [-0.15, -0.1) is 0 Å². The predicted molar refractivity (Wildman–Crippen MR) is 82.8 cm³/mol. The molecule has 2 aromatic rings. The summed E-state index contributed by atoms with van der Waals surface area (Å²) in [6.07, 6.45) is -13.6. The van der Waals surface area contributed by atoms with Crippen molar-refractivity contribution >= 4 is 0 Å². The molecule has 0 aliphatic heterocycles. The van der Waals surface area contributed by atoms with E-state index in [9.17, 15) is 61.5 Å². The average Bonchev–Trinajstić information content (AvgIpc) is 2.66. The highest BCUT2D eigenvalue weighted by atomic mass is 19.4. The first-order chi connectivity index (χ1) is 14.7. The predicted octanol–water partition coefficient (Wildman–Crippen LogP) is 8.06. The standard InChI is InChI=1S/C18H8F14O/c19-13(20,15(23,24)17(27,28)29)9-5-1-3-7-11(9)33-12-8-4-2-6-10(12)14(21,22)16(25,26)18(30,31)32/h1-8H. The van der Waals surface area contributed by atoms with Crippen molar-refractivity contribution in [3.05, 3.63) is 59.7 Å². The normalized spacial score (nSPS) is 14.4. The second kappa shape index (κ2) is 7.94. The summed E-state index contributed by atoms with van der Waals surface area (Å²) in [5.41, 5.74) is -4.40. The van der Waals surface area contributed by atoms with E-state index in [-0.39, 0.29) is 12.1 Å². The summed E-state index contributed by atoms with van der Waals surface area (Å²) in [6, 6.07) is 3.11. The zero-order valence-electron chi connectivity index (χ0n) is 15.3. The number of alkyl halides is 14. The minimum atomic E-state index is -6.79. The molecule has 33 heavy (non-hydrogen) atoms. The molecule has 2 rings (SSSR count). The highest BCUT2D eigenvalue weighted by molar-refractivity contribution is 5.46. The fourth-order valence-electron chi connectivity index (χ4n) is 2.44. The molecule has 0 amide bonds. The Labute approximate surface area is 174 Å². The summed E-state index contributed by atoms with van der Waals surface area (Å²) in [5, 5.41) is 0. The van der Waals surface area contributed by atoms with E-state index in [4.69, 9.17) is 0 Å². The summed E-state index contributed by atoms with van der Waals surface area (Å²) in [4.78, 5) is 0. The van der Waals surface area contributed by atoms with Crippen molar-refractivity contribution in [1.29, 1.82) is 0 Å². The summed E-state index contributed by atoms with van der Waals surface area (Å²) >= 11 is 0. The fourth-order valence-corrected chi connectivity index (χ4v) is 2.44. The van der Waals surface area contributed by atoms with E-state index in [1.807, 2.05) is 0 Å². The molecule has 0 aromatic heterocycles. The SMILES string of the molecule is FC(F)(F)C(F)(F)C(F)(F)c1ccccc1Oc1ccccc1C(F)(F)C(F)(F)C(F)(F)F. The molecule has 0 unspecified atom stereocenters. The third-order valence-corrected chi connectivity index (χ3v) is 4.17. The quantitative estimate of drug-likeness (QED) is 0.360. The first kappa shape index (κ1) is 26.5. The van der Waals surface area contributed by atoms with Crippen LogP contribution in [0.1, 0.15) is 11.1 Å². The Balaban J connectivity index is 2.64. The van der Waals surface area contributed by atoms with Crippen molar-refractivity contribution in [2.24, 2.45) is 0 Å². The van der Waals surface area contributed by atoms with Gasteiger partial charge in [0.2, 0.25) is 0 Å². The largest absolute Gasteiger partial charge is 0.460 e. The van der Waals surface area contributed by atoms with Gasteiger partial charge in [0.05, 0.1) is 11.1 Å². The van der Waals surface area contributed by atoms with Crippen LogP contribution in [0.3, 0.4) is 0 Å². The minimum Gasteiger partial charge on any atom is -0.456 e. The van der Waals surface area contributed by atoms with Gasteiger partial charge in [0.1, 0.15) is 11.5 Å². The van der Waals surface area contributed by atoms with E-state index in [1.54, 1.807) is 0 Å². The van der Waals surface area contributed by atoms with Crippen molar-refractivity contribution < 1.29 is 66.2 Å². The highest BCUT2D eigenvalue weighted by Gasteiger charge is 2.75. The first-order valence-electron chi connectivity index (χ1n) is 8.21. The Morgan fingerprint density at radius 1 is 0.424 bits per heavy atom. The number of hydrogen-bond acceptors (Lipinski definition) is 1. The van der Waals surface area contributed by atoms with Gasteiger partial charge in [-0.3, -0.25) is 0 Å². The number of para-hydroxylation sites is 2. The van der Waals surface area contributed by atoms with Crippen LogP contribution in [0.2, 0.25) is 0 Å². The van der Waals surface area contributed by atoms with Crippen LogP contribution < -0.4 is 4.74 Å². The first-order valence-corrected chi connectivity index (χ1v) is 8.21. The Bertz CT molecular complexity index is 911. The smallest absolute Gasteiger partial charge is 0.456 e. The Morgan fingerprint density at radius 2 is 0.697 bits per heavy atom. The van der Waals surface area contributed by atoms with Gasteiger partial charge < -0.3 is 4.74 Å². The van der Waals surface area contributed by atoms with E-state index in [1.165, 1.54) is 0 Å². The van der Waals surface area contributed by atoms with Crippen LogP contribution in [-0.2, 0) is 11.8 Å². The van der Waals surface area contributed by atoms with Gasteiger partial charge in [0.25, 0.3) is 0 Å². The van der Waals surface area contributed by atoms with Gasteiger partial charge >= 0.3 is 36.0 Å². The second-order valence-corrected chi connectivity index (χ2v) is 6.39. The highest BCUT2D eigenvalue weighted by Crippen LogP contribution is 2.56. The minimum absolute atomic E-state index is 0.0000573. The molecule has 0 heterocycles. The van der Waals surface area contributed by atoms with Gasteiger partial charge in [0.15, 0.2) is 0 Å². The van der Waals surface area contributed by atoms with E-state index < -0.39 is 58.7 Å². The summed E-state index contributed by atoms with van der Waals surface area (Å²) in [5.74, 6) is -28.8. The van der Waals surface area contributed by atoms with Gasteiger partial charge in [-0.1, -0.05) is 24.3 Å². The second-order valence-electron chi connectivity index (χ2n) is 6.39. The van der Waals surface area contributed by atoms with Crippen molar-refractivity contribution in [3.63, 3.8) is 0 Å². The van der Waals surface area contributed by atoms with Gasteiger partial charge in [-0.25, -0.2) is 0 Å². The molecule has 0 atom stereocenters. The summed E-state index contributed by atoms with van der Waals surface area (Å²) in [7, 11) is 0. The van der Waals surface area contributed by atoms with Gasteiger partial charge in [-0.2, -0.15) is 61.5 Å². The van der Waals surface area contributed by atoms with Crippen LogP contribution in [0.5, 0.6) is 11.5 Å². The molecule has 0 aliphatic carbocycles. The number of ether oxygens (including phenoxy) is 1. The number of halogens is 14. The van der Waals surface area contributed by atoms with Crippen LogP contribution in [-0.4, -0.2) is 24.2 Å². The molecule has 0 spiro atoms. The van der Waals surface area contributed by atoms with Crippen LogP contribution in [0.4, 0.5) is 61.5 Å². The number of rotatable bonds is 6. The molecular formula is C18H8F14O. The lowest BCUT2D eigenvalue weighted by atomic mass is 9.99. The molecule has 2 aromatic carbocycles. The van der Waals surface area contributed by atoms with E-state index in [0.717, 1.165) is 0 Å². The van der Waals surface area contributed by atoms with E-state index >= 15 is 0 Å². The molecule has 0 saturated heterocycles. The summed E-state index contributed by atoms with van der Waals surface area (Å²) < 4.78 is 189. The molecule has 0 N–H and O–H groups in total. The Kier molecular flexibility index (Phi) is 6.38. The van der Waals surface area contributed by atoms with Crippen LogP contribution in [0, 0.1) is 0 Å². The Hall–Kier alpha value is -2.74. The molecule has 1 nitrogen and oxygen atoms in total. The maximum atomic E-state index is 14.1. The van der Waals surface area contributed by atoms with Gasteiger partial charge in [0, 0.05) is 0 Å². The van der Waals surface area contributed by atoms with E-state index in [2.05, 4.69) is 4.74 Å². The molecule has 184 valence electrons. The maximum absolute atomic E-state index is 14.1. The van der Waals surface area contributed by atoms with Crippen molar-refractivity contribution in [3.8, 4) is 11.5 Å². The lowest BCUT2D eigenvalue weighted by Gasteiger charge is -2.31. The third-order valence-electron chi connectivity index (χ3n) is 4.17. The molecule has 0 fully saturated rings. The molecule has 15 heteroatoms. The van der Waals surface area contributed by atoms with Crippen LogP contribution >= 0.6 is 0 Å². The molecule has 0 saturated carbocycles. The lowest BCUT2D eigenvalue weighted by Crippen LogP contribution is -2.50. The van der Waals surface area contributed by atoms with Crippen LogP contribution in [0.15, 0.2) is 48.5 Å². The van der Waals surface area contributed by atoms with Crippen molar-refractivity contribution in [2.45, 2.75) is 36.0 Å². The molecule has 0 aliphatic rings. The Morgan fingerprint density at radius 3 is 0.970 bits per heavy atom. The lowest BCUT2D eigenvalue weighted by molar-refractivity contribution is -0.359.